The van der Waals surface area contributed by atoms with Crippen LogP contribution in [-0.4, -0.2) is 30.2 Å². The number of nitriles is 1. The number of benzene rings is 1. The number of carbonyl (C=O) groups is 3. The summed E-state index contributed by atoms with van der Waals surface area (Å²) in [7, 11) is 0. The highest BCUT2D eigenvalue weighted by Crippen LogP contribution is 2.22. The molecule has 0 fully saturated rings. The zero-order chi connectivity index (χ0) is 20.7. The Balaban J connectivity index is 1.85. The van der Waals surface area contributed by atoms with Crippen molar-refractivity contribution in [2.45, 2.75) is 26.4 Å². The number of ether oxygens (including phenoxy) is 2. The SMILES string of the molecule is CC(C)(C)OC(=O)Nc1ccc(C(=O)OCC(=O)Nc2sccc2C#N)cc1. The van der Waals surface area contributed by atoms with Crippen LogP contribution in [0, 0.1) is 11.3 Å². The molecule has 0 bridgehead atoms. The van der Waals surface area contributed by atoms with E-state index in [-0.39, 0.29) is 5.56 Å². The molecule has 2 rings (SSSR count). The van der Waals surface area contributed by atoms with Gasteiger partial charge in [0.1, 0.15) is 16.7 Å². The Bertz CT molecular complexity index is 907. The van der Waals surface area contributed by atoms with E-state index >= 15 is 0 Å². The maximum absolute atomic E-state index is 12.0. The predicted octanol–water partition coefficient (Wildman–Crippen LogP) is 3.76. The van der Waals surface area contributed by atoms with Crippen LogP contribution in [0.15, 0.2) is 35.7 Å². The number of hydrogen-bond acceptors (Lipinski definition) is 7. The Hall–Kier alpha value is -3.38. The van der Waals surface area contributed by atoms with Crippen molar-refractivity contribution in [2.75, 3.05) is 17.2 Å². The first kappa shape index (κ1) is 20.9. The molecule has 1 heterocycles. The third-order valence-electron chi connectivity index (χ3n) is 3.14. The summed E-state index contributed by atoms with van der Waals surface area (Å²) >= 11 is 1.20. The molecule has 2 amide bonds. The van der Waals surface area contributed by atoms with Crippen LogP contribution in [0.5, 0.6) is 0 Å². The summed E-state index contributed by atoms with van der Waals surface area (Å²) in [6, 6.07) is 9.49. The van der Waals surface area contributed by atoms with Gasteiger partial charge in [-0.25, -0.2) is 9.59 Å². The monoisotopic (exact) mass is 401 g/mol. The number of anilines is 2. The first-order valence-corrected chi connectivity index (χ1v) is 9.10. The van der Waals surface area contributed by atoms with E-state index in [0.717, 1.165) is 0 Å². The van der Waals surface area contributed by atoms with Crippen molar-refractivity contribution in [3.05, 3.63) is 46.8 Å². The number of hydrogen-bond donors (Lipinski definition) is 2. The highest BCUT2D eigenvalue weighted by molar-refractivity contribution is 7.14. The van der Waals surface area contributed by atoms with Gasteiger partial charge in [-0.15, -0.1) is 11.3 Å². The molecule has 2 N–H and O–H groups in total. The summed E-state index contributed by atoms with van der Waals surface area (Å²) in [5.41, 5.74) is 0.394. The third kappa shape index (κ3) is 6.41. The van der Waals surface area contributed by atoms with E-state index in [9.17, 15) is 14.4 Å². The quantitative estimate of drug-likeness (QED) is 0.737. The van der Waals surface area contributed by atoms with E-state index in [1.807, 2.05) is 6.07 Å². The zero-order valence-corrected chi connectivity index (χ0v) is 16.4. The molecule has 1 aromatic heterocycles. The van der Waals surface area contributed by atoms with Crippen LogP contribution < -0.4 is 10.6 Å². The van der Waals surface area contributed by atoms with Gasteiger partial charge in [0.2, 0.25) is 0 Å². The van der Waals surface area contributed by atoms with E-state index in [4.69, 9.17) is 14.7 Å². The second-order valence-corrected chi connectivity index (χ2v) is 7.52. The van der Waals surface area contributed by atoms with Gasteiger partial charge < -0.3 is 14.8 Å². The molecule has 0 aliphatic heterocycles. The Morgan fingerprint density at radius 3 is 2.39 bits per heavy atom. The molecule has 2 aromatic rings. The van der Waals surface area contributed by atoms with Gasteiger partial charge in [-0.2, -0.15) is 5.26 Å². The molecule has 1 aromatic carbocycles. The van der Waals surface area contributed by atoms with Crippen molar-refractivity contribution in [3.8, 4) is 6.07 Å². The Kier molecular flexibility index (Phi) is 6.74. The van der Waals surface area contributed by atoms with Gasteiger partial charge >= 0.3 is 12.1 Å². The first-order chi connectivity index (χ1) is 13.2. The zero-order valence-electron chi connectivity index (χ0n) is 15.6. The fraction of sp³-hybridized carbons (Fsp3) is 0.263. The highest BCUT2D eigenvalue weighted by Gasteiger charge is 2.17. The van der Waals surface area contributed by atoms with Gasteiger partial charge in [0.15, 0.2) is 6.61 Å². The molecule has 28 heavy (non-hydrogen) atoms. The molecule has 0 saturated carbocycles. The van der Waals surface area contributed by atoms with Crippen molar-refractivity contribution < 1.29 is 23.9 Å². The summed E-state index contributed by atoms with van der Waals surface area (Å²) in [4.78, 5) is 35.6. The van der Waals surface area contributed by atoms with Crippen LogP contribution in [0.2, 0.25) is 0 Å². The van der Waals surface area contributed by atoms with Crippen molar-refractivity contribution in [1.29, 1.82) is 5.26 Å². The van der Waals surface area contributed by atoms with Gasteiger partial charge in [-0.05, 0) is 56.5 Å². The average molecular weight is 401 g/mol. The second kappa shape index (κ2) is 9.01. The van der Waals surface area contributed by atoms with E-state index in [1.165, 1.54) is 35.6 Å². The highest BCUT2D eigenvalue weighted by atomic mass is 32.1. The van der Waals surface area contributed by atoms with E-state index in [0.29, 0.717) is 16.3 Å². The molecule has 0 spiro atoms. The van der Waals surface area contributed by atoms with Crippen LogP contribution in [0.1, 0.15) is 36.7 Å². The standard InChI is InChI=1S/C19H19N3O5S/c1-19(2,3)27-18(25)21-14-6-4-12(5-7-14)17(24)26-11-15(23)22-16-13(10-20)8-9-28-16/h4-9H,11H2,1-3H3,(H,21,25)(H,22,23). The molecule has 8 nitrogen and oxygen atoms in total. The van der Waals surface area contributed by atoms with Crippen LogP contribution in [0.25, 0.3) is 0 Å². The molecule has 0 radical (unpaired) electrons. The van der Waals surface area contributed by atoms with Crippen LogP contribution in [0.4, 0.5) is 15.5 Å². The van der Waals surface area contributed by atoms with Crippen molar-refractivity contribution in [3.63, 3.8) is 0 Å². The third-order valence-corrected chi connectivity index (χ3v) is 3.97. The number of thiophene rings is 1. The summed E-state index contributed by atoms with van der Waals surface area (Å²) < 4.78 is 10.1. The minimum atomic E-state index is -0.689. The van der Waals surface area contributed by atoms with E-state index < -0.39 is 30.2 Å². The molecule has 146 valence electrons. The fourth-order valence-electron chi connectivity index (χ4n) is 1.98. The molecular weight excluding hydrogens is 382 g/mol. The maximum Gasteiger partial charge on any atom is 0.412 e. The lowest BCUT2D eigenvalue weighted by atomic mass is 10.2. The number of amides is 2. The molecule has 0 saturated heterocycles. The van der Waals surface area contributed by atoms with Gasteiger partial charge in [-0.1, -0.05) is 0 Å². The maximum atomic E-state index is 12.0. The molecule has 0 atom stereocenters. The Labute approximate surface area is 166 Å². The lowest BCUT2D eigenvalue weighted by Crippen LogP contribution is -2.27. The van der Waals surface area contributed by atoms with Gasteiger partial charge in [0.25, 0.3) is 5.91 Å². The van der Waals surface area contributed by atoms with Gasteiger partial charge in [0.05, 0.1) is 11.1 Å². The topological polar surface area (TPSA) is 118 Å². The predicted molar refractivity (Wildman–Crippen MR) is 104 cm³/mol. The molecular formula is C19H19N3O5S. The second-order valence-electron chi connectivity index (χ2n) is 6.60. The van der Waals surface area contributed by atoms with Crippen LogP contribution in [0.3, 0.4) is 0 Å². The smallest absolute Gasteiger partial charge is 0.412 e. The number of esters is 1. The largest absolute Gasteiger partial charge is 0.452 e. The molecule has 0 unspecified atom stereocenters. The molecule has 0 aliphatic carbocycles. The summed E-state index contributed by atoms with van der Waals surface area (Å²) in [6.07, 6.45) is -0.607. The summed E-state index contributed by atoms with van der Waals surface area (Å²) in [5, 5.41) is 16.0. The minimum Gasteiger partial charge on any atom is -0.452 e. The van der Waals surface area contributed by atoms with E-state index in [2.05, 4.69) is 10.6 Å². The van der Waals surface area contributed by atoms with Crippen molar-refractivity contribution >= 4 is 40.0 Å². The molecule has 9 heteroatoms. The van der Waals surface area contributed by atoms with Gasteiger partial charge in [-0.3, -0.25) is 10.1 Å². The number of nitrogens with zero attached hydrogens (tertiary/aromatic N) is 1. The first-order valence-electron chi connectivity index (χ1n) is 8.22. The minimum absolute atomic E-state index is 0.219. The number of carbonyl (C=O) groups excluding carboxylic acids is 3. The Morgan fingerprint density at radius 1 is 1.11 bits per heavy atom. The van der Waals surface area contributed by atoms with Crippen LogP contribution in [-0.2, 0) is 14.3 Å². The average Bonchev–Trinajstić information content (AvgIpc) is 3.05. The van der Waals surface area contributed by atoms with Crippen LogP contribution >= 0.6 is 11.3 Å². The van der Waals surface area contributed by atoms with E-state index in [1.54, 1.807) is 32.2 Å². The summed E-state index contributed by atoms with van der Waals surface area (Å²) in [6.45, 7) is 4.77. The fourth-order valence-corrected chi connectivity index (χ4v) is 2.74. The summed E-state index contributed by atoms with van der Waals surface area (Å²) in [5.74, 6) is -1.24. The number of nitrogens with one attached hydrogen (secondary N) is 2. The lowest BCUT2D eigenvalue weighted by Gasteiger charge is -2.19. The Morgan fingerprint density at radius 2 is 1.79 bits per heavy atom. The number of rotatable bonds is 5. The lowest BCUT2D eigenvalue weighted by molar-refractivity contribution is -0.119. The normalized spacial score (nSPS) is 10.5. The van der Waals surface area contributed by atoms with Gasteiger partial charge in [0, 0.05) is 5.69 Å². The van der Waals surface area contributed by atoms with Crippen molar-refractivity contribution in [1.82, 2.24) is 0 Å². The van der Waals surface area contributed by atoms with Crippen molar-refractivity contribution in [2.24, 2.45) is 0 Å². The molecule has 0 aliphatic rings.